The third-order valence-corrected chi connectivity index (χ3v) is 5.83. The second kappa shape index (κ2) is 6.30. The topological polar surface area (TPSA) is 12.0 Å². The lowest BCUT2D eigenvalue weighted by molar-refractivity contribution is 0.204. The minimum absolute atomic E-state index is 0.740. The molecule has 0 aliphatic heterocycles. The van der Waals surface area contributed by atoms with Crippen molar-refractivity contribution >= 4 is 0 Å². The summed E-state index contributed by atoms with van der Waals surface area (Å²) in [5, 5.41) is 3.91. The smallest absolute Gasteiger partial charge is 0.00954 e. The lowest BCUT2D eigenvalue weighted by Gasteiger charge is -2.36. The molecule has 2 aliphatic carbocycles. The number of rotatable bonds is 3. The van der Waals surface area contributed by atoms with Crippen LogP contribution < -0.4 is 5.32 Å². The van der Waals surface area contributed by atoms with Crippen LogP contribution in [0, 0.1) is 11.8 Å². The van der Waals surface area contributed by atoms with Crippen molar-refractivity contribution in [3.05, 3.63) is 35.4 Å². The normalized spacial score (nSPS) is 33.7. The van der Waals surface area contributed by atoms with Crippen molar-refractivity contribution in [3.8, 4) is 0 Å². The molecule has 0 heterocycles. The van der Waals surface area contributed by atoms with E-state index in [1.54, 1.807) is 11.1 Å². The Kier molecular flexibility index (Phi) is 4.45. The molecular formula is C19H29N. The first-order chi connectivity index (χ1) is 9.75. The maximum absolute atomic E-state index is 3.91. The molecule has 1 heteroatoms. The number of fused-ring (bicyclic) bond motifs is 1. The van der Waals surface area contributed by atoms with E-state index in [9.17, 15) is 0 Å². The highest BCUT2D eigenvalue weighted by molar-refractivity contribution is 5.32. The van der Waals surface area contributed by atoms with E-state index in [2.05, 4.69) is 43.4 Å². The predicted molar refractivity (Wildman–Crippen MR) is 86.1 cm³/mol. The second-order valence-corrected chi connectivity index (χ2v) is 7.07. The molecule has 0 radical (unpaired) electrons. The van der Waals surface area contributed by atoms with Crippen LogP contribution in [0.1, 0.15) is 63.0 Å². The van der Waals surface area contributed by atoms with Crippen molar-refractivity contribution in [2.75, 3.05) is 6.54 Å². The Morgan fingerprint density at radius 1 is 1.05 bits per heavy atom. The predicted octanol–water partition coefficient (Wildman–Crippen LogP) is 4.52. The van der Waals surface area contributed by atoms with Crippen LogP contribution in [-0.4, -0.2) is 12.6 Å². The van der Waals surface area contributed by atoms with Gasteiger partial charge < -0.3 is 5.32 Å². The largest absolute Gasteiger partial charge is 0.313 e. The van der Waals surface area contributed by atoms with Crippen LogP contribution in [0.2, 0.25) is 0 Å². The number of aryl methyl sites for hydroxylation is 1. The van der Waals surface area contributed by atoms with Crippen LogP contribution in [0.15, 0.2) is 24.3 Å². The highest BCUT2D eigenvalue weighted by Gasteiger charge is 2.28. The first-order valence-electron chi connectivity index (χ1n) is 8.57. The zero-order valence-corrected chi connectivity index (χ0v) is 13.1. The fourth-order valence-electron chi connectivity index (χ4n) is 4.23. The van der Waals surface area contributed by atoms with Crippen molar-refractivity contribution in [3.63, 3.8) is 0 Å². The molecule has 3 rings (SSSR count). The van der Waals surface area contributed by atoms with Gasteiger partial charge in [-0.25, -0.2) is 0 Å². The quantitative estimate of drug-likeness (QED) is 0.852. The molecule has 0 spiro atoms. The Labute approximate surface area is 124 Å². The van der Waals surface area contributed by atoms with Crippen molar-refractivity contribution < 1.29 is 0 Å². The molecule has 4 atom stereocenters. The van der Waals surface area contributed by atoms with E-state index in [0.717, 1.165) is 23.8 Å². The number of hydrogen-bond donors (Lipinski definition) is 1. The van der Waals surface area contributed by atoms with Crippen LogP contribution in [0.3, 0.4) is 0 Å². The first-order valence-corrected chi connectivity index (χ1v) is 8.57. The third-order valence-electron chi connectivity index (χ3n) is 5.83. The average Bonchev–Trinajstić information content (AvgIpc) is 2.49. The fraction of sp³-hybridized carbons (Fsp3) is 0.684. The Balaban J connectivity index is 1.62. The summed E-state index contributed by atoms with van der Waals surface area (Å²) in [7, 11) is 0. The van der Waals surface area contributed by atoms with E-state index in [1.165, 1.54) is 45.1 Å². The van der Waals surface area contributed by atoms with Gasteiger partial charge in [0, 0.05) is 12.6 Å². The summed E-state index contributed by atoms with van der Waals surface area (Å²) in [4.78, 5) is 0. The molecule has 1 aromatic carbocycles. The Morgan fingerprint density at radius 2 is 1.90 bits per heavy atom. The van der Waals surface area contributed by atoms with Gasteiger partial charge in [-0.15, -0.1) is 0 Å². The minimum atomic E-state index is 0.740. The third kappa shape index (κ3) is 2.93. The summed E-state index contributed by atoms with van der Waals surface area (Å²) in [5.41, 5.74) is 3.21. The molecule has 4 unspecified atom stereocenters. The molecule has 110 valence electrons. The molecule has 1 nitrogen and oxygen atoms in total. The molecule has 0 amide bonds. The van der Waals surface area contributed by atoms with Crippen LogP contribution >= 0.6 is 0 Å². The highest BCUT2D eigenvalue weighted by Crippen LogP contribution is 2.33. The van der Waals surface area contributed by atoms with Gasteiger partial charge in [-0.3, -0.25) is 0 Å². The van der Waals surface area contributed by atoms with E-state index in [1.807, 2.05) is 0 Å². The van der Waals surface area contributed by atoms with Crippen LogP contribution in [0.5, 0.6) is 0 Å². The number of hydrogen-bond acceptors (Lipinski definition) is 1. The van der Waals surface area contributed by atoms with Crippen molar-refractivity contribution in [1.82, 2.24) is 5.32 Å². The van der Waals surface area contributed by atoms with Gasteiger partial charge in [0.05, 0.1) is 0 Å². The summed E-state index contributed by atoms with van der Waals surface area (Å²) >= 11 is 0. The van der Waals surface area contributed by atoms with Crippen molar-refractivity contribution in [1.29, 1.82) is 0 Å². The van der Waals surface area contributed by atoms with E-state index in [4.69, 9.17) is 0 Å². The van der Waals surface area contributed by atoms with Crippen LogP contribution in [0.25, 0.3) is 0 Å². The average molecular weight is 271 g/mol. The molecule has 0 aromatic heterocycles. The molecule has 0 saturated heterocycles. The highest BCUT2D eigenvalue weighted by atomic mass is 14.9. The van der Waals surface area contributed by atoms with Gasteiger partial charge in [0.1, 0.15) is 0 Å². The van der Waals surface area contributed by atoms with Gasteiger partial charge in [-0.1, -0.05) is 51.0 Å². The number of benzene rings is 1. The first kappa shape index (κ1) is 14.1. The summed E-state index contributed by atoms with van der Waals surface area (Å²) in [6.45, 7) is 6.05. The maximum Gasteiger partial charge on any atom is 0.00954 e. The standard InChI is InChI=1S/C19H29N/c1-14-7-5-12-19(15(14)2)20-13-17-10-6-9-16-8-3-4-11-18(16)17/h3-4,8,11,14-15,17,19-20H,5-7,9-10,12-13H2,1-2H3. The minimum Gasteiger partial charge on any atom is -0.313 e. The molecule has 1 aromatic rings. The van der Waals surface area contributed by atoms with E-state index < -0.39 is 0 Å². The molecular weight excluding hydrogens is 242 g/mol. The molecule has 2 aliphatic rings. The summed E-state index contributed by atoms with van der Waals surface area (Å²) in [6.07, 6.45) is 8.21. The molecule has 1 N–H and O–H groups in total. The van der Waals surface area contributed by atoms with Gasteiger partial charge >= 0.3 is 0 Å². The Hall–Kier alpha value is -0.820. The monoisotopic (exact) mass is 271 g/mol. The SMILES string of the molecule is CC1CCCC(NCC2CCCc3ccccc32)C1C. The van der Waals surface area contributed by atoms with E-state index in [0.29, 0.717) is 0 Å². The fourth-order valence-corrected chi connectivity index (χ4v) is 4.23. The summed E-state index contributed by atoms with van der Waals surface area (Å²) < 4.78 is 0. The summed E-state index contributed by atoms with van der Waals surface area (Å²) in [5.74, 6) is 2.46. The maximum atomic E-state index is 3.91. The zero-order valence-electron chi connectivity index (χ0n) is 13.1. The van der Waals surface area contributed by atoms with Crippen LogP contribution in [-0.2, 0) is 6.42 Å². The second-order valence-electron chi connectivity index (χ2n) is 7.07. The lowest BCUT2D eigenvalue weighted by atomic mass is 9.77. The van der Waals surface area contributed by atoms with Gasteiger partial charge in [0.2, 0.25) is 0 Å². The molecule has 1 saturated carbocycles. The van der Waals surface area contributed by atoms with Gasteiger partial charge in [-0.2, -0.15) is 0 Å². The number of nitrogens with one attached hydrogen (secondary N) is 1. The van der Waals surface area contributed by atoms with Gasteiger partial charge in [0.25, 0.3) is 0 Å². The summed E-state index contributed by atoms with van der Waals surface area (Å²) in [6, 6.07) is 9.83. The molecule has 20 heavy (non-hydrogen) atoms. The van der Waals surface area contributed by atoms with Gasteiger partial charge in [0.15, 0.2) is 0 Å². The molecule has 1 fully saturated rings. The van der Waals surface area contributed by atoms with Gasteiger partial charge in [-0.05, 0) is 54.6 Å². The van der Waals surface area contributed by atoms with Crippen LogP contribution in [0.4, 0.5) is 0 Å². The zero-order chi connectivity index (χ0) is 13.9. The Bertz CT molecular complexity index is 439. The van der Waals surface area contributed by atoms with Crippen molar-refractivity contribution in [2.24, 2.45) is 11.8 Å². The Morgan fingerprint density at radius 3 is 2.80 bits per heavy atom. The van der Waals surface area contributed by atoms with E-state index >= 15 is 0 Å². The van der Waals surface area contributed by atoms with E-state index in [-0.39, 0.29) is 0 Å². The lowest BCUT2D eigenvalue weighted by Crippen LogP contribution is -2.42. The van der Waals surface area contributed by atoms with Crippen molar-refractivity contribution in [2.45, 2.75) is 64.3 Å². The molecule has 0 bridgehead atoms.